The molecule has 2 N–H and O–H groups in total. The average molecular weight is 401 g/mol. The number of anilines is 2. The third kappa shape index (κ3) is 3.54. The summed E-state index contributed by atoms with van der Waals surface area (Å²) < 4.78 is 0. The number of nitrogens with one attached hydrogen (secondary N) is 2. The number of hydrogen-bond acceptors (Lipinski definition) is 4. The van der Waals surface area contributed by atoms with E-state index in [1.165, 1.54) is 0 Å². The minimum Gasteiger partial charge on any atom is -0.367 e. The summed E-state index contributed by atoms with van der Waals surface area (Å²) in [4.78, 5) is 33.0. The Morgan fingerprint density at radius 2 is 1.93 bits per heavy atom. The van der Waals surface area contributed by atoms with E-state index in [1.807, 2.05) is 19.1 Å². The van der Waals surface area contributed by atoms with E-state index < -0.39 is 0 Å². The fourth-order valence-electron chi connectivity index (χ4n) is 4.12. The number of ketones is 1. The van der Waals surface area contributed by atoms with Gasteiger partial charge in [0.2, 0.25) is 0 Å². The lowest BCUT2D eigenvalue weighted by molar-refractivity contribution is 0.0971. The van der Waals surface area contributed by atoms with E-state index in [1.54, 1.807) is 6.07 Å². The number of Topliss-reactive ketones (excluding diaryl/α,β-unsaturated/α-hetero) is 1. The van der Waals surface area contributed by atoms with E-state index in [4.69, 9.17) is 11.6 Å². The van der Waals surface area contributed by atoms with E-state index in [0.29, 0.717) is 28.4 Å². The van der Waals surface area contributed by atoms with Gasteiger partial charge < -0.3 is 20.1 Å². The maximum atomic E-state index is 13.0. The second-order valence-electron chi connectivity index (χ2n) is 7.66. The van der Waals surface area contributed by atoms with Crippen molar-refractivity contribution in [3.8, 4) is 0 Å². The van der Waals surface area contributed by atoms with Gasteiger partial charge in [0.05, 0.1) is 11.4 Å². The number of amides is 1. The first kappa shape index (κ1) is 19.0. The zero-order valence-corrected chi connectivity index (χ0v) is 17.0. The van der Waals surface area contributed by atoms with Gasteiger partial charge in [0.1, 0.15) is 5.69 Å². The van der Waals surface area contributed by atoms with Crippen molar-refractivity contribution < 1.29 is 9.59 Å². The maximum absolute atomic E-state index is 13.0. The van der Waals surface area contributed by atoms with Crippen LogP contribution >= 0.6 is 11.6 Å². The molecule has 2 heterocycles. The number of aromatic amines is 1. The number of H-pyrrole nitrogens is 1. The molecule has 1 aromatic heterocycles. The Morgan fingerprint density at radius 1 is 1.18 bits per heavy atom. The summed E-state index contributed by atoms with van der Waals surface area (Å²) in [6.07, 6.45) is 2.18. The highest BCUT2D eigenvalue weighted by atomic mass is 35.5. The van der Waals surface area contributed by atoms with Crippen LogP contribution in [0.5, 0.6) is 0 Å². The van der Waals surface area contributed by atoms with E-state index in [0.717, 1.165) is 56.0 Å². The first-order chi connectivity index (χ1) is 13.4. The molecule has 0 atom stereocenters. The molecule has 2 aliphatic rings. The monoisotopic (exact) mass is 400 g/mol. The van der Waals surface area contributed by atoms with Crippen LogP contribution in [0.4, 0.5) is 11.4 Å². The number of halogens is 1. The lowest BCUT2D eigenvalue weighted by Gasteiger charge is -2.35. The summed E-state index contributed by atoms with van der Waals surface area (Å²) in [5.41, 5.74) is 4.44. The number of nitrogens with zero attached hydrogens (tertiary/aromatic N) is 2. The molecule has 7 heteroatoms. The highest BCUT2D eigenvalue weighted by molar-refractivity contribution is 6.31. The highest BCUT2D eigenvalue weighted by Crippen LogP contribution is 2.32. The van der Waals surface area contributed by atoms with E-state index in [-0.39, 0.29) is 11.7 Å². The molecule has 0 spiro atoms. The molecule has 1 saturated heterocycles. The molecule has 0 radical (unpaired) electrons. The van der Waals surface area contributed by atoms with Crippen molar-refractivity contribution in [1.82, 2.24) is 9.88 Å². The van der Waals surface area contributed by atoms with Gasteiger partial charge in [-0.15, -0.1) is 0 Å². The third-order valence-electron chi connectivity index (χ3n) is 5.71. The Morgan fingerprint density at radius 3 is 2.64 bits per heavy atom. The molecule has 1 fully saturated rings. The van der Waals surface area contributed by atoms with Crippen molar-refractivity contribution in [2.45, 2.75) is 26.2 Å². The van der Waals surface area contributed by atoms with Crippen molar-refractivity contribution >= 4 is 34.7 Å². The molecular formula is C21H25ClN4O2. The molecule has 1 aromatic carbocycles. The fraction of sp³-hybridized carbons (Fsp3) is 0.429. The molecule has 0 unspecified atom stereocenters. The molecule has 2 aromatic rings. The number of piperazine rings is 1. The number of rotatable bonds is 3. The predicted octanol–water partition coefficient (Wildman–Crippen LogP) is 3.50. The molecule has 1 aliphatic heterocycles. The van der Waals surface area contributed by atoms with Gasteiger partial charge in [-0.1, -0.05) is 11.6 Å². The molecule has 4 rings (SSSR count). The fourth-order valence-corrected chi connectivity index (χ4v) is 4.29. The summed E-state index contributed by atoms with van der Waals surface area (Å²) in [6, 6.07) is 5.60. The van der Waals surface area contributed by atoms with Gasteiger partial charge in [-0.25, -0.2) is 0 Å². The number of carbonyl (C=O) groups excluding carboxylic acids is 2. The standard InChI is InChI=1S/C21H25ClN4O2/c1-13-19-15(4-3-5-18(19)27)23-20(13)21(28)24-16-12-14(22)6-7-17(16)26-10-8-25(2)9-11-26/h6-7,12,23H,3-5,8-11H2,1-2H3,(H,24,28). The van der Waals surface area contributed by atoms with Gasteiger partial charge in [0.25, 0.3) is 5.91 Å². The van der Waals surface area contributed by atoms with E-state index in [9.17, 15) is 9.59 Å². The van der Waals surface area contributed by atoms with Crippen LogP contribution in [-0.4, -0.2) is 54.8 Å². The van der Waals surface area contributed by atoms with Gasteiger partial charge in [-0.3, -0.25) is 9.59 Å². The van der Waals surface area contributed by atoms with Crippen molar-refractivity contribution in [3.05, 3.63) is 45.7 Å². The number of aromatic nitrogens is 1. The summed E-state index contributed by atoms with van der Waals surface area (Å²) >= 11 is 6.21. The molecule has 28 heavy (non-hydrogen) atoms. The smallest absolute Gasteiger partial charge is 0.272 e. The number of benzene rings is 1. The van der Waals surface area contributed by atoms with Crippen LogP contribution in [0.2, 0.25) is 5.02 Å². The van der Waals surface area contributed by atoms with Gasteiger partial charge in [-0.2, -0.15) is 0 Å². The van der Waals surface area contributed by atoms with Crippen molar-refractivity contribution in [1.29, 1.82) is 0 Å². The van der Waals surface area contributed by atoms with E-state index in [2.05, 4.69) is 27.1 Å². The summed E-state index contributed by atoms with van der Waals surface area (Å²) in [5.74, 6) is -0.118. The van der Waals surface area contributed by atoms with Gasteiger partial charge in [-0.05, 0) is 50.6 Å². The number of likely N-dealkylation sites (N-methyl/N-ethyl adjacent to an activating group) is 1. The topological polar surface area (TPSA) is 68.4 Å². The van der Waals surface area contributed by atoms with Gasteiger partial charge in [0.15, 0.2) is 5.78 Å². The number of fused-ring (bicyclic) bond motifs is 1. The number of hydrogen-bond donors (Lipinski definition) is 2. The Balaban J connectivity index is 1.62. The van der Waals surface area contributed by atoms with Crippen molar-refractivity contribution in [3.63, 3.8) is 0 Å². The Bertz CT molecular complexity index is 929. The number of aryl methyl sites for hydroxylation is 1. The summed E-state index contributed by atoms with van der Waals surface area (Å²) in [5, 5.41) is 3.59. The molecule has 148 valence electrons. The Labute approximate surface area is 169 Å². The van der Waals surface area contributed by atoms with Crippen LogP contribution < -0.4 is 10.2 Å². The van der Waals surface area contributed by atoms with Crippen LogP contribution in [0, 0.1) is 6.92 Å². The van der Waals surface area contributed by atoms with Crippen molar-refractivity contribution in [2.75, 3.05) is 43.4 Å². The minimum atomic E-state index is -0.239. The average Bonchev–Trinajstić information content (AvgIpc) is 3.01. The molecule has 0 saturated carbocycles. The van der Waals surface area contributed by atoms with Crippen LogP contribution in [0.15, 0.2) is 18.2 Å². The zero-order valence-electron chi connectivity index (χ0n) is 16.3. The summed E-state index contributed by atoms with van der Waals surface area (Å²) in [7, 11) is 2.11. The van der Waals surface area contributed by atoms with E-state index >= 15 is 0 Å². The largest absolute Gasteiger partial charge is 0.367 e. The van der Waals surface area contributed by atoms with Gasteiger partial charge in [0, 0.05) is 48.9 Å². The Hall–Kier alpha value is -2.31. The van der Waals surface area contributed by atoms with Crippen molar-refractivity contribution in [2.24, 2.45) is 0 Å². The predicted molar refractivity (Wildman–Crippen MR) is 112 cm³/mol. The lowest BCUT2D eigenvalue weighted by Crippen LogP contribution is -2.44. The molecule has 6 nitrogen and oxygen atoms in total. The molecular weight excluding hydrogens is 376 g/mol. The second kappa shape index (κ2) is 7.60. The third-order valence-corrected chi connectivity index (χ3v) is 5.95. The summed E-state index contributed by atoms with van der Waals surface area (Å²) in [6.45, 7) is 5.57. The normalized spacial score (nSPS) is 17.5. The van der Waals surface area contributed by atoms with Crippen LogP contribution in [0.3, 0.4) is 0 Å². The van der Waals surface area contributed by atoms with Gasteiger partial charge >= 0.3 is 0 Å². The second-order valence-corrected chi connectivity index (χ2v) is 8.10. The quantitative estimate of drug-likeness (QED) is 0.827. The molecule has 1 aliphatic carbocycles. The van der Waals surface area contributed by atoms with Crippen LogP contribution in [0.25, 0.3) is 0 Å². The first-order valence-corrected chi connectivity index (χ1v) is 10.1. The Kier molecular flexibility index (Phi) is 5.17. The first-order valence-electron chi connectivity index (χ1n) is 9.73. The number of carbonyl (C=O) groups is 2. The molecule has 1 amide bonds. The maximum Gasteiger partial charge on any atom is 0.272 e. The highest BCUT2D eigenvalue weighted by Gasteiger charge is 2.27. The molecule has 0 bridgehead atoms. The minimum absolute atomic E-state index is 0.120. The van der Waals surface area contributed by atoms with Crippen LogP contribution in [-0.2, 0) is 6.42 Å². The SMILES string of the molecule is Cc1c(C(=O)Nc2cc(Cl)ccc2N2CCN(C)CC2)[nH]c2c1C(=O)CCC2. The van der Waals surface area contributed by atoms with Crippen LogP contribution in [0.1, 0.15) is 44.9 Å². The zero-order chi connectivity index (χ0) is 19.8. The lowest BCUT2D eigenvalue weighted by atomic mass is 9.94.